The molecule has 0 fully saturated rings. The van der Waals surface area contributed by atoms with Crippen molar-refractivity contribution >= 4 is 11.0 Å². The molecule has 2 heterocycles. The van der Waals surface area contributed by atoms with Crippen LogP contribution in [0.5, 0.6) is 5.75 Å². The first-order chi connectivity index (χ1) is 28.4. The van der Waals surface area contributed by atoms with Crippen LogP contribution >= 0.6 is 0 Å². The van der Waals surface area contributed by atoms with Crippen molar-refractivity contribution in [1.82, 2.24) is 14.5 Å². The van der Waals surface area contributed by atoms with Crippen LogP contribution in [-0.4, -0.2) is 19.6 Å². The summed E-state index contributed by atoms with van der Waals surface area (Å²) in [6.45, 7) is 4.73. The molecule has 0 saturated carbocycles. The summed E-state index contributed by atoms with van der Waals surface area (Å²) >= 11 is 0. The molecule has 0 unspecified atom stereocenters. The number of hydrogen-bond acceptors (Lipinski definition) is 3. The third-order valence-electron chi connectivity index (χ3n) is 10.0. The van der Waals surface area contributed by atoms with Gasteiger partial charge in [0.2, 0.25) is 0 Å². The first-order valence-electron chi connectivity index (χ1n) is 21.1. The van der Waals surface area contributed by atoms with Crippen LogP contribution in [0.4, 0.5) is 0 Å². The number of aryl methyl sites for hydroxylation is 3. The summed E-state index contributed by atoms with van der Waals surface area (Å²) < 4.78 is 53.4. The molecule has 0 saturated heterocycles. The predicted octanol–water partition coefficient (Wildman–Crippen LogP) is 12.8. The van der Waals surface area contributed by atoms with Gasteiger partial charge in [-0.3, -0.25) is 9.55 Å². The van der Waals surface area contributed by atoms with E-state index in [1.165, 1.54) is 6.07 Å². The van der Waals surface area contributed by atoms with Gasteiger partial charge in [0.05, 0.1) is 16.6 Å². The maximum atomic E-state index is 11.7. The number of hydrogen-bond donors (Lipinski definition) is 1. The van der Waals surface area contributed by atoms with Gasteiger partial charge in [-0.25, -0.2) is 4.98 Å². The summed E-state index contributed by atoms with van der Waals surface area (Å²) in [5.41, 5.74) is 9.95. The number of aromatic hydroxyl groups is 1. The Morgan fingerprint density at radius 3 is 2.11 bits per heavy atom. The molecule has 5 heteroatoms. The van der Waals surface area contributed by atoms with Gasteiger partial charge in [-0.2, -0.15) is 0 Å². The monoisotopic (exact) mass is 903 g/mol. The number of phenols is 1. The van der Waals surface area contributed by atoms with E-state index in [1.54, 1.807) is 30.3 Å². The van der Waals surface area contributed by atoms with Crippen LogP contribution in [0, 0.1) is 33.6 Å². The molecule has 55 heavy (non-hydrogen) atoms. The summed E-state index contributed by atoms with van der Waals surface area (Å²) in [7, 11) is 0. The molecule has 0 bridgehead atoms. The minimum atomic E-state index is -2.78. The van der Waals surface area contributed by atoms with Crippen molar-refractivity contribution in [2.24, 2.45) is 0 Å². The fraction of sp³-hybridized carbons (Fsp3) is 0.160. The molecule has 0 aliphatic carbocycles. The maximum absolute atomic E-state index is 11.7. The number of rotatable bonds is 6. The Labute approximate surface area is 347 Å². The average Bonchev–Trinajstić information content (AvgIpc) is 3.61. The quantitative estimate of drug-likeness (QED) is 0.169. The summed E-state index contributed by atoms with van der Waals surface area (Å²) in [4.78, 5) is 10.1. The second kappa shape index (κ2) is 14.9. The normalized spacial score (nSPS) is 13.5. The fourth-order valence-electron chi connectivity index (χ4n) is 7.16. The molecule has 8 aromatic rings. The number of phenolic OH excluding ortho intramolecular Hbond substituents is 1. The van der Waals surface area contributed by atoms with E-state index in [-0.39, 0.29) is 48.9 Å². The van der Waals surface area contributed by atoms with Crippen LogP contribution < -0.4 is 0 Å². The van der Waals surface area contributed by atoms with Gasteiger partial charge in [0.1, 0.15) is 11.6 Å². The molecule has 0 radical (unpaired) electrons. The van der Waals surface area contributed by atoms with E-state index in [9.17, 15) is 5.11 Å². The summed E-state index contributed by atoms with van der Waals surface area (Å²) in [5, 5.41) is 11.7. The molecule has 0 aliphatic rings. The Morgan fingerprint density at radius 1 is 0.673 bits per heavy atom. The van der Waals surface area contributed by atoms with Crippen LogP contribution in [0.2, 0.25) is 0 Å². The third kappa shape index (κ3) is 7.20. The van der Waals surface area contributed by atoms with Gasteiger partial charge < -0.3 is 5.11 Å². The van der Waals surface area contributed by atoms with Crippen molar-refractivity contribution in [3.63, 3.8) is 0 Å². The molecule has 0 aliphatic heterocycles. The molecular weight excluding hydrogens is 854 g/mol. The van der Waals surface area contributed by atoms with E-state index in [0.717, 1.165) is 44.6 Å². The minimum Gasteiger partial charge on any atom is -0.507 e. The molecule has 0 atom stereocenters. The first-order valence-corrected chi connectivity index (χ1v) is 18.1. The molecule has 0 spiro atoms. The molecule has 2 aromatic heterocycles. The number of imidazole rings is 1. The number of para-hydroxylation sites is 1. The number of fused-ring (bicyclic) bond motifs is 1. The number of nitrogens with zero attached hydrogens (tertiary/aromatic N) is 3. The topological polar surface area (TPSA) is 50.9 Å². The van der Waals surface area contributed by atoms with Gasteiger partial charge in [-0.1, -0.05) is 117 Å². The van der Waals surface area contributed by atoms with Crippen LogP contribution in [0.1, 0.15) is 56.8 Å². The van der Waals surface area contributed by atoms with Gasteiger partial charge >= 0.3 is 0 Å². The van der Waals surface area contributed by atoms with Crippen molar-refractivity contribution in [2.75, 3.05) is 0 Å². The van der Waals surface area contributed by atoms with Crippen LogP contribution in [0.3, 0.4) is 0 Å². The van der Waals surface area contributed by atoms with Crippen molar-refractivity contribution in [3.8, 4) is 67.5 Å². The molecule has 0 amide bonds. The third-order valence-corrected chi connectivity index (χ3v) is 10.0. The Hall–Kier alpha value is -5.57. The summed E-state index contributed by atoms with van der Waals surface area (Å²) in [6, 6.07) is 43.9. The van der Waals surface area contributed by atoms with Gasteiger partial charge in [-0.15, -0.1) is 29.3 Å². The molecule has 8 rings (SSSR count). The largest absolute Gasteiger partial charge is 0.507 e. The van der Waals surface area contributed by atoms with Crippen molar-refractivity contribution in [2.45, 2.75) is 53.7 Å². The SMILES string of the molecule is [2H]C([2H])([2H])c1cc(-n2c(-c3cc(C)cc(C)c3O)nc3c(-c4[c-]c(-c5cc(-c6ccccc6)ccn5)cc(C(C)(C)C)c4)cccc32)cc(-c2ccccc2)c1C([2H])([2H])[2H].[Pt]. The Balaban J connectivity index is 0.00000561. The second-order valence-corrected chi connectivity index (χ2v) is 14.9. The van der Waals surface area contributed by atoms with E-state index in [0.29, 0.717) is 39.2 Å². The predicted molar refractivity (Wildman–Crippen MR) is 224 cm³/mol. The summed E-state index contributed by atoms with van der Waals surface area (Å²) in [6.07, 6.45) is 1.81. The molecule has 276 valence electrons. The van der Waals surface area contributed by atoms with Crippen molar-refractivity contribution in [3.05, 3.63) is 167 Å². The fourth-order valence-corrected chi connectivity index (χ4v) is 7.16. The van der Waals surface area contributed by atoms with Crippen LogP contribution in [0.15, 0.2) is 134 Å². The molecule has 6 aromatic carbocycles. The zero-order valence-corrected chi connectivity index (χ0v) is 33.6. The maximum Gasteiger partial charge on any atom is 0.148 e. The van der Waals surface area contributed by atoms with Gasteiger partial charge in [0.25, 0.3) is 0 Å². The first kappa shape index (κ1) is 30.7. The Morgan fingerprint density at radius 2 is 1.40 bits per heavy atom. The zero-order valence-electron chi connectivity index (χ0n) is 37.3. The van der Waals surface area contributed by atoms with E-state index in [2.05, 4.69) is 57.2 Å². The van der Waals surface area contributed by atoms with Gasteiger partial charge in [0.15, 0.2) is 0 Å². The molecule has 4 nitrogen and oxygen atoms in total. The van der Waals surface area contributed by atoms with E-state index >= 15 is 0 Å². The van der Waals surface area contributed by atoms with Crippen LogP contribution in [-0.2, 0) is 26.5 Å². The second-order valence-electron chi connectivity index (χ2n) is 14.9. The standard InChI is InChI=1S/C50H44N3O.Pt/c1-31-23-33(3)48(54)44(24-31)49-52-47-42(19-14-20-46(47)53(49)41-25-32(2)34(4)43(30-41)36-17-12-9-13-18-36)38-26-39(28-40(27-38)50(5,6)7)45-29-37(21-22-51-45)35-15-10-8-11-16-35;/h8-25,27-30,54H,1-7H3;/q-1;/i2D3,4D3;. The zero-order chi connectivity index (χ0) is 42.7. The van der Waals surface area contributed by atoms with Crippen LogP contribution in [0.25, 0.3) is 72.7 Å². The van der Waals surface area contributed by atoms with Crippen molar-refractivity contribution < 1.29 is 34.4 Å². The smallest absolute Gasteiger partial charge is 0.148 e. The van der Waals surface area contributed by atoms with E-state index < -0.39 is 13.7 Å². The molecule has 1 N–H and O–H groups in total. The van der Waals surface area contributed by atoms with E-state index in [4.69, 9.17) is 18.2 Å². The van der Waals surface area contributed by atoms with Crippen molar-refractivity contribution in [1.29, 1.82) is 0 Å². The van der Waals surface area contributed by atoms with Gasteiger partial charge in [0, 0.05) is 46.9 Å². The number of benzene rings is 6. The van der Waals surface area contributed by atoms with Gasteiger partial charge in [-0.05, 0) is 108 Å². The number of aromatic nitrogens is 3. The minimum absolute atomic E-state index is 0. The molecular formula is C50H44N3OPt-. The summed E-state index contributed by atoms with van der Waals surface area (Å²) in [5.74, 6) is 0.397. The van der Waals surface area contributed by atoms with E-state index in [1.807, 2.05) is 85.3 Å². The number of pyridine rings is 1. The Kier molecular flexibility index (Phi) is 8.34. The Bertz CT molecular complexity index is 2910. The average molecular weight is 904 g/mol.